The molecule has 48 heavy (non-hydrogen) atoms. The number of H-pyrrole nitrogens is 2. The van der Waals surface area contributed by atoms with Crippen LogP contribution >= 0.6 is 0 Å². The minimum absolute atomic E-state index is 0.147. The molecular formula is C30H37N9O9. The van der Waals surface area contributed by atoms with Crippen molar-refractivity contribution in [3.05, 3.63) is 170 Å². The second-order valence-electron chi connectivity index (χ2n) is 9.86. The monoisotopic (exact) mass is 667 g/mol. The number of aromatic nitrogens is 9. The smallest absolute Gasteiger partial charge is 0.259 e. The van der Waals surface area contributed by atoms with E-state index in [0.29, 0.717) is 12.8 Å². The maximum Gasteiger partial charge on any atom is 0.336 e. The van der Waals surface area contributed by atoms with Crippen LogP contribution in [0.1, 0.15) is 18.9 Å². The normalized spacial score (nSPS) is 10.5. The summed E-state index contributed by atoms with van der Waals surface area (Å²) in [4.78, 5) is 114. The Kier molecular flexibility index (Phi) is 13.7. The maximum absolute atomic E-state index is 12.7. The first-order valence-corrected chi connectivity index (χ1v) is 14.3. The first-order chi connectivity index (χ1) is 22.8. The van der Waals surface area contributed by atoms with Gasteiger partial charge in [-0.2, -0.15) is 0 Å². The van der Waals surface area contributed by atoms with Crippen LogP contribution in [0.5, 0.6) is 0 Å². The van der Waals surface area contributed by atoms with Crippen LogP contribution in [0.2, 0.25) is 0 Å². The van der Waals surface area contributed by atoms with Gasteiger partial charge in [-0.25, -0.2) is 75.1 Å². The Morgan fingerprint density at radius 2 is 0.708 bits per heavy atom. The predicted octanol–water partition coefficient (Wildman–Crippen LogP) is -1.98. The molecule has 3 aromatic heterocycles. The molecule has 0 radical (unpaired) electrons. The summed E-state index contributed by atoms with van der Waals surface area (Å²) in [5.41, 5.74) is -7.58. The highest BCUT2D eigenvalue weighted by Gasteiger charge is 2.18. The van der Waals surface area contributed by atoms with Gasteiger partial charge in [0.2, 0.25) is 0 Å². The summed E-state index contributed by atoms with van der Waals surface area (Å²) in [6.45, 7) is 19.7. The third-order valence-corrected chi connectivity index (χ3v) is 6.69. The summed E-state index contributed by atoms with van der Waals surface area (Å²) in [6.07, 6.45) is 9.37. The summed E-state index contributed by atoms with van der Waals surface area (Å²) in [5.74, 6) is 0. The molecule has 18 heteroatoms. The van der Waals surface area contributed by atoms with Crippen molar-refractivity contribution >= 4 is 0 Å². The van der Waals surface area contributed by atoms with Gasteiger partial charge in [-0.1, -0.05) is 36.5 Å². The molecule has 0 aromatic carbocycles. The van der Waals surface area contributed by atoms with E-state index in [2.05, 4.69) is 39.5 Å². The molecule has 0 fully saturated rings. The lowest BCUT2D eigenvalue weighted by Gasteiger charge is -2.14. The van der Waals surface area contributed by atoms with Gasteiger partial charge in [0.1, 0.15) is 0 Å². The predicted molar refractivity (Wildman–Crippen MR) is 180 cm³/mol. The topological polar surface area (TPSA) is 220 Å². The molecule has 0 unspecified atom stereocenters. The third-order valence-electron chi connectivity index (χ3n) is 6.69. The summed E-state index contributed by atoms with van der Waals surface area (Å²) in [6, 6.07) is -0.372. The van der Waals surface area contributed by atoms with E-state index in [9.17, 15) is 43.2 Å². The summed E-state index contributed by atoms with van der Waals surface area (Å²) in [7, 11) is 0. The number of aromatic amines is 2. The van der Waals surface area contributed by atoms with Crippen molar-refractivity contribution in [3.63, 3.8) is 0 Å². The Labute approximate surface area is 270 Å². The third kappa shape index (κ3) is 8.27. The molecule has 3 aromatic rings. The van der Waals surface area contributed by atoms with Crippen molar-refractivity contribution in [2.45, 2.75) is 58.2 Å². The second kappa shape index (κ2) is 17.4. The lowest BCUT2D eigenvalue weighted by molar-refractivity contribution is 0.417. The fourth-order valence-corrected chi connectivity index (χ4v) is 4.55. The highest BCUT2D eigenvalue weighted by atomic mass is 16.2. The zero-order valence-electron chi connectivity index (χ0n) is 26.2. The van der Waals surface area contributed by atoms with Crippen molar-refractivity contribution < 1.29 is 0 Å². The van der Waals surface area contributed by atoms with Crippen molar-refractivity contribution in [2.24, 2.45) is 0 Å². The Balaban J connectivity index is 0.000000419. The Bertz CT molecular complexity index is 2010. The van der Waals surface area contributed by atoms with Crippen LogP contribution < -0.4 is 51.2 Å². The Hall–Kier alpha value is -6.33. The number of nitrogens with zero attached hydrogens (tertiary/aromatic N) is 7. The van der Waals surface area contributed by atoms with E-state index in [-0.39, 0.29) is 32.2 Å². The van der Waals surface area contributed by atoms with Gasteiger partial charge in [0.25, 0.3) is 0 Å². The zero-order chi connectivity index (χ0) is 36.1. The van der Waals surface area contributed by atoms with Crippen LogP contribution in [0.3, 0.4) is 0 Å². The molecule has 18 nitrogen and oxygen atoms in total. The number of allylic oxidation sites excluding steroid dienone is 6. The first kappa shape index (κ1) is 37.9. The van der Waals surface area contributed by atoms with Crippen molar-refractivity contribution in [1.82, 2.24) is 41.9 Å². The minimum atomic E-state index is -0.918. The molecule has 0 spiro atoms. The summed E-state index contributed by atoms with van der Waals surface area (Å²) >= 11 is 0. The standard InChI is InChI=1S/C20H24N6O6.C10H13N3O3/c1-5-9-21-15(27)22(10-6-2)18(30)25(17(21)29)13-14-26-19(31)23(11-7-3)16(28)24(12-8-4)20(26)32;1-3-5-7(6-4-2)13-9(15)11-8(14)12-10(13)16/h5-8H,1-4,9-14H2;3-4,7H,1-2,5-6H2,(H2,11,12,14,15,16). The number of rotatable bonds is 16. The number of hydrogen-bond donors (Lipinski definition) is 2. The molecule has 0 saturated heterocycles. The fourth-order valence-electron chi connectivity index (χ4n) is 4.55. The molecule has 3 rings (SSSR count). The summed E-state index contributed by atoms with van der Waals surface area (Å²) in [5, 5.41) is 0. The van der Waals surface area contributed by atoms with E-state index in [4.69, 9.17) is 0 Å². The van der Waals surface area contributed by atoms with Gasteiger partial charge in [-0.05, 0) is 12.8 Å². The van der Waals surface area contributed by atoms with E-state index in [1.54, 1.807) is 12.2 Å². The largest absolute Gasteiger partial charge is 0.336 e. The maximum atomic E-state index is 12.7. The van der Waals surface area contributed by atoms with E-state index in [1.165, 1.54) is 24.3 Å². The van der Waals surface area contributed by atoms with Gasteiger partial charge in [0.15, 0.2) is 0 Å². The van der Waals surface area contributed by atoms with Gasteiger partial charge >= 0.3 is 51.2 Å². The molecule has 0 aliphatic carbocycles. The number of hydrogen-bond acceptors (Lipinski definition) is 9. The quantitative estimate of drug-likeness (QED) is 0.161. The van der Waals surface area contributed by atoms with Crippen molar-refractivity contribution in [3.8, 4) is 0 Å². The highest BCUT2D eigenvalue weighted by Crippen LogP contribution is 2.12. The number of nitrogens with one attached hydrogen (secondary N) is 2. The van der Waals surface area contributed by atoms with E-state index >= 15 is 0 Å². The van der Waals surface area contributed by atoms with Gasteiger partial charge in [0.05, 0.1) is 45.3 Å². The molecule has 256 valence electrons. The van der Waals surface area contributed by atoms with Gasteiger partial charge in [-0.15, -0.1) is 39.5 Å². The molecule has 0 amide bonds. The van der Waals surface area contributed by atoms with Gasteiger partial charge in [0, 0.05) is 0 Å². The second-order valence-corrected chi connectivity index (χ2v) is 9.86. The molecule has 3 heterocycles. The van der Waals surface area contributed by atoms with E-state index in [1.807, 2.05) is 9.97 Å². The Morgan fingerprint density at radius 1 is 0.438 bits per heavy atom. The lowest BCUT2D eigenvalue weighted by Crippen LogP contribution is -2.57. The van der Waals surface area contributed by atoms with Crippen LogP contribution in [-0.4, -0.2) is 41.9 Å². The SMILES string of the molecule is C=CCC(CC=C)n1c(=O)[nH]c(=O)[nH]c1=O.C=CCn1c(=O)n(CC=C)c(=O)n(CCn2c(=O)n(CC=C)c(=O)n(CC=C)c2=O)c1=O. The van der Waals surface area contributed by atoms with E-state index in [0.717, 1.165) is 32.0 Å². The summed E-state index contributed by atoms with van der Waals surface area (Å²) < 4.78 is 5.64. The van der Waals surface area contributed by atoms with Crippen LogP contribution in [-0.2, 0) is 39.3 Å². The average molecular weight is 668 g/mol. The molecule has 0 bridgehead atoms. The van der Waals surface area contributed by atoms with Crippen LogP contribution in [0.25, 0.3) is 0 Å². The molecular weight excluding hydrogens is 630 g/mol. The first-order valence-electron chi connectivity index (χ1n) is 14.3. The highest BCUT2D eigenvalue weighted by molar-refractivity contribution is 4.88. The lowest BCUT2D eigenvalue weighted by atomic mass is 10.1. The molecule has 0 aliphatic heterocycles. The minimum Gasteiger partial charge on any atom is -0.259 e. The van der Waals surface area contributed by atoms with Crippen LogP contribution in [0.15, 0.2) is 119 Å². The van der Waals surface area contributed by atoms with E-state index < -0.39 is 64.3 Å². The Morgan fingerprint density at radius 3 is 0.958 bits per heavy atom. The zero-order valence-corrected chi connectivity index (χ0v) is 26.2. The van der Waals surface area contributed by atoms with Crippen molar-refractivity contribution in [2.75, 3.05) is 0 Å². The average Bonchev–Trinajstić information content (AvgIpc) is 3.03. The van der Waals surface area contributed by atoms with Gasteiger partial charge in [-0.3, -0.25) is 9.97 Å². The molecule has 0 saturated carbocycles. The van der Waals surface area contributed by atoms with Crippen LogP contribution in [0.4, 0.5) is 0 Å². The van der Waals surface area contributed by atoms with Crippen molar-refractivity contribution in [1.29, 1.82) is 0 Å². The van der Waals surface area contributed by atoms with Gasteiger partial charge < -0.3 is 0 Å². The molecule has 2 N–H and O–H groups in total. The molecule has 0 aliphatic rings. The van der Waals surface area contributed by atoms with Crippen LogP contribution in [0, 0.1) is 0 Å². The fraction of sp³-hybridized carbons (Fsp3) is 0.300. The molecule has 0 atom stereocenters.